The minimum atomic E-state index is -0.667. The zero-order chi connectivity index (χ0) is 14.7. The van der Waals surface area contributed by atoms with Crippen molar-refractivity contribution in [1.29, 1.82) is 0 Å². The van der Waals surface area contributed by atoms with E-state index in [0.29, 0.717) is 15.6 Å². The molecular formula is C14H10Cl2FNO2. The number of esters is 1. The van der Waals surface area contributed by atoms with Crippen LogP contribution in [0, 0.1) is 5.82 Å². The number of hydrogen-bond donors (Lipinski definition) is 1. The topological polar surface area (TPSA) is 52.3 Å². The van der Waals surface area contributed by atoms with Crippen LogP contribution in [0.3, 0.4) is 0 Å². The van der Waals surface area contributed by atoms with Gasteiger partial charge in [0.15, 0.2) is 0 Å². The van der Waals surface area contributed by atoms with E-state index in [1.165, 1.54) is 12.1 Å². The van der Waals surface area contributed by atoms with E-state index < -0.39 is 11.8 Å². The fourth-order valence-electron chi connectivity index (χ4n) is 1.54. The molecule has 3 nitrogen and oxygen atoms in total. The molecule has 0 heterocycles. The van der Waals surface area contributed by atoms with Crippen LogP contribution >= 0.6 is 23.2 Å². The summed E-state index contributed by atoms with van der Waals surface area (Å²) in [6, 6.07) is 8.73. The number of ether oxygens (including phenoxy) is 1. The highest BCUT2D eigenvalue weighted by Crippen LogP contribution is 2.26. The van der Waals surface area contributed by atoms with Crippen LogP contribution in [0.4, 0.5) is 10.1 Å². The van der Waals surface area contributed by atoms with Gasteiger partial charge in [-0.15, -0.1) is 0 Å². The molecule has 0 fully saturated rings. The highest BCUT2D eigenvalue weighted by atomic mass is 35.5. The van der Waals surface area contributed by atoms with Gasteiger partial charge in [-0.2, -0.15) is 0 Å². The highest BCUT2D eigenvalue weighted by molar-refractivity contribution is 6.42. The number of nitrogen functional groups attached to an aromatic ring is 1. The summed E-state index contributed by atoms with van der Waals surface area (Å²) >= 11 is 11.8. The van der Waals surface area contributed by atoms with Gasteiger partial charge >= 0.3 is 5.97 Å². The number of hydrogen-bond acceptors (Lipinski definition) is 3. The van der Waals surface area contributed by atoms with E-state index in [0.717, 1.165) is 6.07 Å². The molecular weight excluding hydrogens is 304 g/mol. The molecule has 0 saturated heterocycles. The Labute approximate surface area is 125 Å². The molecule has 0 bridgehead atoms. The van der Waals surface area contributed by atoms with Crippen LogP contribution in [0.2, 0.25) is 10.0 Å². The number of nitrogens with two attached hydrogens (primary N) is 1. The molecule has 0 radical (unpaired) electrons. The van der Waals surface area contributed by atoms with E-state index >= 15 is 0 Å². The summed E-state index contributed by atoms with van der Waals surface area (Å²) in [5, 5.41) is 0.698. The van der Waals surface area contributed by atoms with Crippen molar-refractivity contribution >= 4 is 34.9 Å². The normalized spacial score (nSPS) is 10.3. The molecule has 2 aromatic carbocycles. The van der Waals surface area contributed by atoms with Gasteiger partial charge in [0, 0.05) is 5.56 Å². The molecule has 20 heavy (non-hydrogen) atoms. The molecule has 0 amide bonds. The molecule has 104 valence electrons. The first-order valence-corrected chi connectivity index (χ1v) is 6.39. The second-order valence-electron chi connectivity index (χ2n) is 4.03. The van der Waals surface area contributed by atoms with Gasteiger partial charge < -0.3 is 10.5 Å². The molecule has 0 atom stereocenters. The average Bonchev–Trinajstić information content (AvgIpc) is 2.43. The Hall–Kier alpha value is -1.78. The predicted molar refractivity (Wildman–Crippen MR) is 76.4 cm³/mol. The van der Waals surface area contributed by atoms with Crippen LogP contribution < -0.4 is 5.73 Å². The Morgan fingerprint density at radius 3 is 2.70 bits per heavy atom. The smallest absolute Gasteiger partial charge is 0.338 e. The zero-order valence-electron chi connectivity index (χ0n) is 10.2. The lowest BCUT2D eigenvalue weighted by Crippen LogP contribution is -2.06. The quantitative estimate of drug-likeness (QED) is 0.686. The van der Waals surface area contributed by atoms with Gasteiger partial charge in [0.2, 0.25) is 0 Å². The summed E-state index contributed by atoms with van der Waals surface area (Å²) in [4.78, 5) is 11.8. The fourth-order valence-corrected chi connectivity index (χ4v) is 1.92. The number of halogens is 3. The van der Waals surface area contributed by atoms with Crippen LogP contribution in [0.15, 0.2) is 36.4 Å². The lowest BCUT2D eigenvalue weighted by atomic mass is 10.2. The van der Waals surface area contributed by atoms with Gasteiger partial charge in [-0.25, -0.2) is 9.18 Å². The van der Waals surface area contributed by atoms with E-state index in [1.54, 1.807) is 18.2 Å². The molecule has 6 heteroatoms. The van der Waals surface area contributed by atoms with Crippen molar-refractivity contribution in [2.24, 2.45) is 0 Å². The van der Waals surface area contributed by atoms with E-state index in [1.807, 2.05) is 0 Å². The molecule has 0 aliphatic carbocycles. The van der Waals surface area contributed by atoms with Crippen LogP contribution in [0.25, 0.3) is 0 Å². The minimum Gasteiger partial charge on any atom is -0.457 e. The number of rotatable bonds is 3. The lowest BCUT2D eigenvalue weighted by molar-refractivity contribution is 0.0472. The van der Waals surface area contributed by atoms with Crippen molar-refractivity contribution in [3.05, 3.63) is 63.4 Å². The standard InChI is InChI=1S/C14H10Cl2FNO2/c15-10-3-1-2-9(13(10)16)7-20-14(19)8-4-5-12(18)11(17)6-8/h1-6H,7,18H2. The summed E-state index contributed by atoms with van der Waals surface area (Å²) in [6.45, 7) is -0.0514. The Bertz CT molecular complexity index is 662. The maximum atomic E-state index is 13.2. The van der Waals surface area contributed by atoms with E-state index in [9.17, 15) is 9.18 Å². The van der Waals surface area contributed by atoms with Gasteiger partial charge in [0.1, 0.15) is 12.4 Å². The predicted octanol–water partition coefficient (Wildman–Crippen LogP) is 4.07. The van der Waals surface area contributed by atoms with Crippen LogP contribution in [-0.2, 0) is 11.3 Å². The number of carbonyl (C=O) groups is 1. The zero-order valence-corrected chi connectivity index (χ0v) is 11.7. The number of benzene rings is 2. The first kappa shape index (κ1) is 14.6. The molecule has 0 aromatic heterocycles. The summed E-state index contributed by atoms with van der Waals surface area (Å²) in [5.74, 6) is -1.33. The third-order valence-corrected chi connectivity index (χ3v) is 3.48. The Kier molecular flexibility index (Phi) is 4.47. The highest BCUT2D eigenvalue weighted by Gasteiger charge is 2.12. The SMILES string of the molecule is Nc1ccc(C(=O)OCc2cccc(Cl)c2Cl)cc1F. The molecule has 0 unspecified atom stereocenters. The third kappa shape index (κ3) is 3.21. The first-order chi connectivity index (χ1) is 9.49. The van der Waals surface area contributed by atoms with E-state index in [2.05, 4.69) is 0 Å². The van der Waals surface area contributed by atoms with Gasteiger partial charge in [-0.05, 0) is 24.3 Å². The Balaban J connectivity index is 2.08. The summed E-state index contributed by atoms with van der Waals surface area (Å²) in [6.07, 6.45) is 0. The second-order valence-corrected chi connectivity index (χ2v) is 4.81. The Morgan fingerprint density at radius 1 is 1.25 bits per heavy atom. The monoisotopic (exact) mass is 313 g/mol. The first-order valence-electron chi connectivity index (χ1n) is 5.64. The molecule has 2 aromatic rings. The molecule has 2 rings (SSSR count). The van der Waals surface area contributed by atoms with Crippen molar-refractivity contribution in [3.63, 3.8) is 0 Å². The maximum absolute atomic E-state index is 13.2. The van der Waals surface area contributed by atoms with Crippen molar-refractivity contribution in [3.8, 4) is 0 Å². The van der Waals surface area contributed by atoms with Crippen molar-refractivity contribution in [1.82, 2.24) is 0 Å². The summed E-state index contributed by atoms with van der Waals surface area (Å²) in [7, 11) is 0. The largest absolute Gasteiger partial charge is 0.457 e. The number of carbonyl (C=O) groups excluding carboxylic acids is 1. The third-order valence-electron chi connectivity index (χ3n) is 2.63. The van der Waals surface area contributed by atoms with Gasteiger partial charge in [-0.3, -0.25) is 0 Å². The van der Waals surface area contributed by atoms with Crippen molar-refractivity contribution in [2.75, 3.05) is 5.73 Å². The second kappa shape index (κ2) is 6.11. The fraction of sp³-hybridized carbons (Fsp3) is 0.0714. The summed E-state index contributed by atoms with van der Waals surface area (Å²) in [5.41, 5.74) is 5.95. The van der Waals surface area contributed by atoms with Gasteiger partial charge in [-0.1, -0.05) is 35.3 Å². The van der Waals surface area contributed by atoms with Gasteiger partial charge in [0.25, 0.3) is 0 Å². The molecule has 0 spiro atoms. The van der Waals surface area contributed by atoms with Crippen LogP contribution in [0.1, 0.15) is 15.9 Å². The lowest BCUT2D eigenvalue weighted by Gasteiger charge is -2.08. The molecule has 2 N–H and O–H groups in total. The Morgan fingerprint density at radius 2 is 2.00 bits per heavy atom. The van der Waals surface area contributed by atoms with Crippen LogP contribution in [-0.4, -0.2) is 5.97 Å². The average molecular weight is 314 g/mol. The van der Waals surface area contributed by atoms with Crippen LogP contribution in [0.5, 0.6) is 0 Å². The summed E-state index contributed by atoms with van der Waals surface area (Å²) < 4.78 is 18.3. The van der Waals surface area contributed by atoms with Crippen molar-refractivity contribution < 1.29 is 13.9 Å². The molecule has 0 aliphatic rings. The van der Waals surface area contributed by atoms with Crippen molar-refractivity contribution in [2.45, 2.75) is 6.61 Å². The van der Waals surface area contributed by atoms with E-state index in [4.69, 9.17) is 33.7 Å². The maximum Gasteiger partial charge on any atom is 0.338 e. The van der Waals surface area contributed by atoms with E-state index in [-0.39, 0.29) is 17.9 Å². The molecule has 0 aliphatic heterocycles. The number of anilines is 1. The minimum absolute atomic E-state index is 0.0283. The van der Waals surface area contributed by atoms with Gasteiger partial charge in [0.05, 0.1) is 21.3 Å². The molecule has 0 saturated carbocycles.